The molecule has 7 heteroatoms. The molecule has 184 valence electrons. The highest BCUT2D eigenvalue weighted by molar-refractivity contribution is 7.92. The number of carbonyl (C=O) groups is 1. The van der Waals surface area contributed by atoms with Gasteiger partial charge in [-0.1, -0.05) is 96.0 Å². The molecule has 0 spiro atoms. The molecule has 0 aliphatic rings. The summed E-state index contributed by atoms with van der Waals surface area (Å²) >= 11 is 6.33. The molecule has 0 saturated carbocycles. The minimum atomic E-state index is -4.04. The Labute approximate surface area is 217 Å². The number of carbonyl (C=O) groups excluding carboxylic acids is 1. The molecule has 36 heavy (non-hydrogen) atoms. The van der Waals surface area contributed by atoms with Crippen molar-refractivity contribution < 1.29 is 13.2 Å². The van der Waals surface area contributed by atoms with Gasteiger partial charge in [-0.3, -0.25) is 9.10 Å². The first kappa shape index (κ1) is 25.5. The van der Waals surface area contributed by atoms with Gasteiger partial charge in [0.1, 0.15) is 6.54 Å². The summed E-state index contributed by atoms with van der Waals surface area (Å²) in [4.78, 5) is 13.5. The van der Waals surface area contributed by atoms with Gasteiger partial charge in [0.2, 0.25) is 5.91 Å². The quantitative estimate of drug-likeness (QED) is 0.308. The normalized spacial score (nSPS) is 12.1. The Morgan fingerprint density at radius 1 is 0.833 bits per heavy atom. The first-order chi connectivity index (χ1) is 17.3. The van der Waals surface area contributed by atoms with Crippen molar-refractivity contribution in [2.24, 2.45) is 0 Å². The lowest BCUT2D eigenvalue weighted by Crippen LogP contribution is -2.42. The van der Waals surface area contributed by atoms with Crippen molar-refractivity contribution in [3.63, 3.8) is 0 Å². The molecule has 0 fully saturated rings. The number of hydrogen-bond donors (Lipinski definition) is 1. The Hall–Kier alpha value is -3.61. The van der Waals surface area contributed by atoms with Gasteiger partial charge >= 0.3 is 0 Å². The molecule has 0 aliphatic carbocycles. The van der Waals surface area contributed by atoms with Crippen LogP contribution in [-0.2, 0) is 14.8 Å². The molecule has 5 nitrogen and oxygen atoms in total. The van der Waals surface area contributed by atoms with Crippen LogP contribution in [-0.4, -0.2) is 20.9 Å². The molecule has 0 heterocycles. The minimum Gasteiger partial charge on any atom is -0.344 e. The lowest BCUT2D eigenvalue weighted by atomic mass is 9.98. The summed E-state index contributed by atoms with van der Waals surface area (Å²) in [6.07, 6.45) is 0. The van der Waals surface area contributed by atoms with Gasteiger partial charge in [-0.15, -0.1) is 0 Å². The fraction of sp³-hybridized carbons (Fsp3) is 0.138. The number of rotatable bonds is 8. The number of halogens is 1. The number of hydrogen-bond acceptors (Lipinski definition) is 3. The average Bonchev–Trinajstić information content (AvgIpc) is 2.89. The van der Waals surface area contributed by atoms with Crippen LogP contribution in [0.15, 0.2) is 108 Å². The SMILES string of the molecule is Cc1ccc([C@@H](NC(=O)CN(c2ccc(C)c(Cl)c2)S(=O)(=O)c2ccccc2)c2ccccc2)cc1. The second-order valence-electron chi connectivity index (χ2n) is 8.58. The van der Waals surface area contributed by atoms with Crippen molar-refractivity contribution in [3.05, 3.63) is 130 Å². The Morgan fingerprint density at radius 3 is 2.03 bits per heavy atom. The number of aryl methyl sites for hydroxylation is 2. The molecule has 1 N–H and O–H groups in total. The van der Waals surface area contributed by atoms with Gasteiger partial charge in [-0.2, -0.15) is 0 Å². The Morgan fingerprint density at radius 2 is 1.42 bits per heavy atom. The van der Waals surface area contributed by atoms with Gasteiger partial charge in [0.15, 0.2) is 0 Å². The topological polar surface area (TPSA) is 66.5 Å². The fourth-order valence-electron chi connectivity index (χ4n) is 3.87. The van der Waals surface area contributed by atoms with Crippen LogP contribution in [0.5, 0.6) is 0 Å². The lowest BCUT2D eigenvalue weighted by molar-refractivity contribution is -0.120. The van der Waals surface area contributed by atoms with E-state index in [0.717, 1.165) is 26.6 Å². The Kier molecular flexibility index (Phi) is 7.77. The Balaban J connectivity index is 1.69. The van der Waals surface area contributed by atoms with E-state index in [4.69, 9.17) is 11.6 Å². The average molecular weight is 519 g/mol. The Bertz CT molecular complexity index is 1440. The standard InChI is InChI=1S/C29H27ClN2O3S/c1-21-13-16-24(17-14-21)29(23-9-5-3-6-10-23)31-28(33)20-32(25-18-15-22(2)27(30)19-25)36(34,35)26-11-7-4-8-12-26/h3-19,29H,20H2,1-2H3,(H,31,33)/t29-/m0/s1. The van der Waals surface area contributed by atoms with Crippen LogP contribution in [0, 0.1) is 13.8 Å². The first-order valence-electron chi connectivity index (χ1n) is 11.5. The first-order valence-corrected chi connectivity index (χ1v) is 13.3. The molecule has 0 bridgehead atoms. The van der Waals surface area contributed by atoms with Gasteiger partial charge in [0.05, 0.1) is 16.6 Å². The molecule has 0 unspecified atom stereocenters. The maximum absolute atomic E-state index is 13.6. The van der Waals surface area contributed by atoms with Gasteiger partial charge in [-0.25, -0.2) is 8.42 Å². The maximum Gasteiger partial charge on any atom is 0.264 e. The molecule has 0 radical (unpaired) electrons. The van der Waals surface area contributed by atoms with Crippen molar-refractivity contribution in [1.29, 1.82) is 0 Å². The molecule has 4 aromatic rings. The van der Waals surface area contributed by atoms with Crippen LogP contribution in [0.25, 0.3) is 0 Å². The molecule has 0 saturated heterocycles. The zero-order chi connectivity index (χ0) is 25.7. The van der Waals surface area contributed by atoms with Crippen molar-refractivity contribution in [2.45, 2.75) is 24.8 Å². The smallest absolute Gasteiger partial charge is 0.264 e. The molecule has 1 atom stereocenters. The van der Waals surface area contributed by atoms with E-state index in [-0.39, 0.29) is 4.90 Å². The summed E-state index contributed by atoms with van der Waals surface area (Å²) in [5.74, 6) is -0.444. The third kappa shape index (κ3) is 5.78. The molecule has 4 aromatic carbocycles. The third-order valence-electron chi connectivity index (χ3n) is 5.91. The summed E-state index contributed by atoms with van der Waals surface area (Å²) in [5.41, 5.74) is 4.02. The van der Waals surface area contributed by atoms with Crippen molar-refractivity contribution in [1.82, 2.24) is 5.32 Å². The van der Waals surface area contributed by atoms with Crippen LogP contribution in [0.1, 0.15) is 28.3 Å². The van der Waals surface area contributed by atoms with Gasteiger partial charge in [0, 0.05) is 5.02 Å². The highest BCUT2D eigenvalue weighted by Gasteiger charge is 2.28. The van der Waals surface area contributed by atoms with Gasteiger partial charge < -0.3 is 5.32 Å². The van der Waals surface area contributed by atoms with Crippen LogP contribution in [0.4, 0.5) is 5.69 Å². The van der Waals surface area contributed by atoms with E-state index in [2.05, 4.69) is 5.32 Å². The van der Waals surface area contributed by atoms with Gasteiger partial charge in [-0.05, 0) is 54.8 Å². The number of amides is 1. The molecular formula is C29H27ClN2O3S. The van der Waals surface area contributed by atoms with Crippen molar-refractivity contribution in [2.75, 3.05) is 10.8 Å². The summed E-state index contributed by atoms with van der Waals surface area (Å²) in [7, 11) is -4.04. The number of nitrogens with one attached hydrogen (secondary N) is 1. The number of benzene rings is 4. The van der Waals surface area contributed by atoms with E-state index < -0.39 is 28.5 Å². The zero-order valence-electron chi connectivity index (χ0n) is 20.1. The van der Waals surface area contributed by atoms with E-state index in [1.165, 1.54) is 12.1 Å². The van der Waals surface area contributed by atoms with Crippen LogP contribution < -0.4 is 9.62 Å². The second-order valence-corrected chi connectivity index (χ2v) is 10.8. The van der Waals surface area contributed by atoms with E-state index >= 15 is 0 Å². The monoisotopic (exact) mass is 518 g/mol. The molecule has 0 aliphatic heterocycles. The van der Waals surface area contributed by atoms with Crippen LogP contribution >= 0.6 is 11.6 Å². The van der Waals surface area contributed by atoms with Crippen molar-refractivity contribution >= 4 is 33.2 Å². The maximum atomic E-state index is 13.6. The summed E-state index contributed by atoms with van der Waals surface area (Å²) < 4.78 is 28.4. The number of nitrogens with zero attached hydrogens (tertiary/aromatic N) is 1. The molecule has 1 amide bonds. The summed E-state index contributed by atoms with van der Waals surface area (Å²) in [6, 6.07) is 30.1. The fourth-order valence-corrected chi connectivity index (χ4v) is 5.48. The van der Waals surface area contributed by atoms with E-state index in [9.17, 15) is 13.2 Å². The van der Waals surface area contributed by atoms with E-state index in [0.29, 0.717) is 10.7 Å². The number of sulfonamides is 1. The van der Waals surface area contributed by atoms with Crippen LogP contribution in [0.3, 0.4) is 0 Å². The molecular weight excluding hydrogens is 492 g/mol. The predicted molar refractivity (Wildman–Crippen MR) is 145 cm³/mol. The largest absolute Gasteiger partial charge is 0.344 e. The highest BCUT2D eigenvalue weighted by Crippen LogP contribution is 2.28. The predicted octanol–water partition coefficient (Wildman–Crippen LogP) is 6.06. The van der Waals surface area contributed by atoms with E-state index in [1.54, 1.807) is 36.4 Å². The lowest BCUT2D eigenvalue weighted by Gasteiger charge is -2.26. The zero-order valence-corrected chi connectivity index (χ0v) is 21.6. The second kappa shape index (κ2) is 11.0. The third-order valence-corrected chi connectivity index (χ3v) is 8.11. The number of anilines is 1. The molecule has 0 aromatic heterocycles. The summed E-state index contributed by atoms with van der Waals surface area (Å²) in [6.45, 7) is 3.42. The summed E-state index contributed by atoms with van der Waals surface area (Å²) in [5, 5.41) is 3.46. The van der Waals surface area contributed by atoms with Gasteiger partial charge in [0.25, 0.3) is 10.0 Å². The van der Waals surface area contributed by atoms with Crippen molar-refractivity contribution in [3.8, 4) is 0 Å². The molecule has 4 rings (SSSR count). The minimum absolute atomic E-state index is 0.0904. The van der Waals surface area contributed by atoms with E-state index in [1.807, 2.05) is 68.4 Å². The highest BCUT2D eigenvalue weighted by atomic mass is 35.5. The van der Waals surface area contributed by atoms with Crippen LogP contribution in [0.2, 0.25) is 5.02 Å².